The molecule has 4 saturated carbocycles. The van der Waals surface area contributed by atoms with E-state index in [0.717, 1.165) is 18.3 Å². The van der Waals surface area contributed by atoms with E-state index in [1.807, 2.05) is 11.8 Å². The van der Waals surface area contributed by atoms with Crippen LogP contribution in [0.3, 0.4) is 0 Å². The zero-order valence-electron chi connectivity index (χ0n) is 14.3. The summed E-state index contributed by atoms with van der Waals surface area (Å²) in [5, 5.41) is 0. The molecule has 4 bridgehead atoms. The van der Waals surface area contributed by atoms with Crippen molar-refractivity contribution in [2.75, 3.05) is 20.2 Å². The lowest BCUT2D eigenvalue weighted by molar-refractivity contribution is -0.143. The minimum atomic E-state index is -0.245. The summed E-state index contributed by atoms with van der Waals surface area (Å²) in [5.74, 6) is 1.57. The second-order valence-electron chi connectivity index (χ2n) is 8.09. The molecule has 0 N–H and O–H groups in total. The van der Waals surface area contributed by atoms with Crippen LogP contribution >= 0.6 is 15.9 Å². The Bertz CT molecular complexity index is 479. The summed E-state index contributed by atoms with van der Waals surface area (Å²) in [5.41, 5.74) is 0.198. The zero-order valence-corrected chi connectivity index (χ0v) is 15.9. The summed E-state index contributed by atoms with van der Waals surface area (Å²) in [6.45, 7) is 3.13. The van der Waals surface area contributed by atoms with Gasteiger partial charge < -0.3 is 9.64 Å². The topological polar surface area (TPSA) is 46.6 Å². The number of ether oxygens (including phenoxy) is 1. The van der Waals surface area contributed by atoms with Crippen molar-refractivity contribution in [2.45, 2.75) is 62.6 Å². The highest BCUT2D eigenvalue weighted by Gasteiger charge is 2.57. The van der Waals surface area contributed by atoms with Gasteiger partial charge in [0.05, 0.1) is 13.5 Å². The minimum Gasteiger partial charge on any atom is -0.469 e. The summed E-state index contributed by atoms with van der Waals surface area (Å²) in [6.07, 6.45) is 8.47. The van der Waals surface area contributed by atoms with Gasteiger partial charge in [-0.2, -0.15) is 0 Å². The maximum atomic E-state index is 12.8. The van der Waals surface area contributed by atoms with Crippen LogP contribution in [0.2, 0.25) is 0 Å². The van der Waals surface area contributed by atoms with E-state index in [-0.39, 0.29) is 23.7 Å². The first-order valence-electron chi connectivity index (χ1n) is 8.90. The van der Waals surface area contributed by atoms with Gasteiger partial charge in [0.1, 0.15) is 0 Å². The molecular weight excluding hydrogens is 358 g/mol. The van der Waals surface area contributed by atoms with Crippen LogP contribution in [0.4, 0.5) is 0 Å². The van der Waals surface area contributed by atoms with Crippen LogP contribution in [0, 0.1) is 17.3 Å². The molecule has 0 aromatic heterocycles. The predicted octanol–water partition coefficient (Wildman–Crippen LogP) is 3.52. The Morgan fingerprint density at radius 3 is 2.39 bits per heavy atom. The van der Waals surface area contributed by atoms with E-state index in [4.69, 9.17) is 0 Å². The van der Waals surface area contributed by atoms with Crippen molar-refractivity contribution >= 4 is 27.8 Å². The molecule has 0 spiro atoms. The fourth-order valence-electron chi connectivity index (χ4n) is 5.76. The van der Waals surface area contributed by atoms with E-state index in [9.17, 15) is 9.59 Å². The highest BCUT2D eigenvalue weighted by molar-refractivity contribution is 9.10. The standard InChI is InChI=1S/C18H28BrNO3/c1-3-20(5-4-16(22)23-2)15(21)11-17-7-13-6-14(8-17)10-18(19,9-13)12-17/h13-14H,3-12H2,1-2H3. The van der Waals surface area contributed by atoms with E-state index in [0.29, 0.717) is 23.8 Å². The van der Waals surface area contributed by atoms with Crippen molar-refractivity contribution < 1.29 is 14.3 Å². The number of nitrogens with zero attached hydrogens (tertiary/aromatic N) is 1. The van der Waals surface area contributed by atoms with Gasteiger partial charge in [-0.25, -0.2) is 0 Å². The molecule has 0 aliphatic heterocycles. The number of hydrogen-bond donors (Lipinski definition) is 0. The summed E-state index contributed by atoms with van der Waals surface area (Å²) in [7, 11) is 1.39. The fraction of sp³-hybridized carbons (Fsp3) is 0.889. The molecule has 4 nitrogen and oxygen atoms in total. The van der Waals surface area contributed by atoms with Gasteiger partial charge in [-0.15, -0.1) is 0 Å². The third-order valence-electron chi connectivity index (χ3n) is 6.19. The Morgan fingerprint density at radius 2 is 1.87 bits per heavy atom. The molecule has 4 fully saturated rings. The average Bonchev–Trinajstić information content (AvgIpc) is 2.44. The molecule has 0 aromatic rings. The maximum Gasteiger partial charge on any atom is 0.307 e. The molecule has 0 heterocycles. The molecular formula is C18H28BrNO3. The molecule has 2 atom stereocenters. The number of alkyl halides is 1. The molecule has 5 heteroatoms. The summed E-state index contributed by atoms with van der Waals surface area (Å²) >= 11 is 4.01. The lowest BCUT2D eigenvalue weighted by atomic mass is 9.48. The maximum absolute atomic E-state index is 12.8. The molecule has 2 unspecified atom stereocenters. The molecule has 0 aromatic carbocycles. The number of rotatable bonds is 6. The Morgan fingerprint density at radius 1 is 1.22 bits per heavy atom. The number of carbonyl (C=O) groups excluding carboxylic acids is 2. The number of amides is 1. The first-order valence-corrected chi connectivity index (χ1v) is 9.70. The number of hydrogen-bond acceptors (Lipinski definition) is 3. The Balaban J connectivity index is 1.63. The Hall–Kier alpha value is -0.580. The molecule has 130 valence electrons. The van der Waals surface area contributed by atoms with Gasteiger partial charge in [0, 0.05) is 23.8 Å². The highest BCUT2D eigenvalue weighted by atomic mass is 79.9. The minimum absolute atomic E-state index is 0.198. The average molecular weight is 386 g/mol. The molecule has 1 amide bonds. The first-order chi connectivity index (χ1) is 10.9. The number of esters is 1. The lowest BCUT2D eigenvalue weighted by Gasteiger charge is -2.60. The molecule has 23 heavy (non-hydrogen) atoms. The van der Waals surface area contributed by atoms with E-state index in [1.165, 1.54) is 39.2 Å². The first kappa shape index (κ1) is 17.2. The SMILES string of the molecule is CCN(CCC(=O)OC)C(=O)CC12CC3CC(CC(Br)(C3)C1)C2. The summed E-state index contributed by atoms with van der Waals surface area (Å²) in [4.78, 5) is 26.0. The van der Waals surface area contributed by atoms with Crippen LogP contribution < -0.4 is 0 Å². The van der Waals surface area contributed by atoms with Crippen LogP contribution in [0.5, 0.6) is 0 Å². The van der Waals surface area contributed by atoms with Gasteiger partial charge >= 0.3 is 5.97 Å². The van der Waals surface area contributed by atoms with Crippen LogP contribution in [0.15, 0.2) is 0 Å². The summed E-state index contributed by atoms with van der Waals surface area (Å²) < 4.78 is 4.98. The van der Waals surface area contributed by atoms with Gasteiger partial charge in [-0.1, -0.05) is 15.9 Å². The molecule has 4 aliphatic carbocycles. The Kier molecular flexibility index (Phi) is 4.78. The number of carbonyl (C=O) groups is 2. The van der Waals surface area contributed by atoms with E-state index < -0.39 is 0 Å². The second kappa shape index (κ2) is 6.38. The van der Waals surface area contributed by atoms with Gasteiger partial charge in [-0.05, 0) is 62.7 Å². The predicted molar refractivity (Wildman–Crippen MR) is 92.3 cm³/mol. The molecule has 4 rings (SSSR count). The van der Waals surface area contributed by atoms with Crippen molar-refractivity contribution in [1.29, 1.82) is 0 Å². The van der Waals surface area contributed by atoms with E-state index in [2.05, 4.69) is 20.7 Å². The van der Waals surface area contributed by atoms with Crippen LogP contribution in [-0.2, 0) is 14.3 Å². The second-order valence-corrected chi connectivity index (χ2v) is 9.77. The van der Waals surface area contributed by atoms with Crippen molar-refractivity contribution in [3.05, 3.63) is 0 Å². The largest absolute Gasteiger partial charge is 0.469 e. The molecule has 4 aliphatic rings. The molecule has 0 radical (unpaired) electrons. The van der Waals surface area contributed by atoms with Crippen molar-refractivity contribution in [3.8, 4) is 0 Å². The lowest BCUT2D eigenvalue weighted by Crippen LogP contribution is -2.54. The van der Waals surface area contributed by atoms with Crippen molar-refractivity contribution in [1.82, 2.24) is 4.90 Å². The van der Waals surface area contributed by atoms with E-state index >= 15 is 0 Å². The van der Waals surface area contributed by atoms with Gasteiger partial charge in [-0.3, -0.25) is 9.59 Å². The third kappa shape index (κ3) is 3.59. The number of halogens is 1. The smallest absolute Gasteiger partial charge is 0.307 e. The number of methoxy groups -OCH3 is 1. The molecule has 0 saturated heterocycles. The van der Waals surface area contributed by atoms with Crippen LogP contribution in [-0.4, -0.2) is 41.3 Å². The third-order valence-corrected chi connectivity index (χ3v) is 7.11. The zero-order chi connectivity index (χ0) is 16.7. The van der Waals surface area contributed by atoms with Crippen LogP contribution in [0.1, 0.15) is 58.3 Å². The Labute approximate surface area is 147 Å². The van der Waals surface area contributed by atoms with Crippen molar-refractivity contribution in [3.63, 3.8) is 0 Å². The summed E-state index contributed by atoms with van der Waals surface area (Å²) in [6, 6.07) is 0. The van der Waals surface area contributed by atoms with Crippen LogP contribution in [0.25, 0.3) is 0 Å². The van der Waals surface area contributed by atoms with Gasteiger partial charge in [0.2, 0.25) is 5.91 Å². The van der Waals surface area contributed by atoms with Gasteiger partial charge in [0.15, 0.2) is 0 Å². The fourth-order valence-corrected chi connectivity index (χ4v) is 7.27. The quantitative estimate of drug-likeness (QED) is 0.518. The highest BCUT2D eigenvalue weighted by Crippen LogP contribution is 2.65. The normalized spacial score (nSPS) is 37.7. The van der Waals surface area contributed by atoms with Crippen molar-refractivity contribution in [2.24, 2.45) is 17.3 Å². The van der Waals surface area contributed by atoms with E-state index in [1.54, 1.807) is 0 Å². The van der Waals surface area contributed by atoms with Gasteiger partial charge in [0.25, 0.3) is 0 Å². The monoisotopic (exact) mass is 385 g/mol.